The van der Waals surface area contributed by atoms with Crippen LogP contribution in [-0.4, -0.2) is 40.1 Å². The maximum atomic E-state index is 12.7. The van der Waals surface area contributed by atoms with E-state index in [1.54, 1.807) is 0 Å². The van der Waals surface area contributed by atoms with Crippen LogP contribution >= 0.6 is 0 Å². The van der Waals surface area contributed by atoms with E-state index in [0.29, 0.717) is 4.90 Å². The third-order valence-corrected chi connectivity index (χ3v) is 2.57. The predicted molar refractivity (Wildman–Crippen MR) is 47.6 cm³/mol. The third kappa shape index (κ3) is 2.12. The minimum Gasteiger partial charge on any atom is -0.481 e. The van der Waals surface area contributed by atoms with Crippen molar-refractivity contribution in [3.63, 3.8) is 0 Å². The molecule has 0 aromatic heterocycles. The van der Waals surface area contributed by atoms with Crippen LogP contribution in [0.2, 0.25) is 0 Å². The van der Waals surface area contributed by atoms with Crippen LogP contribution in [-0.2, 0) is 9.59 Å². The molecule has 1 amide bonds. The Morgan fingerprint density at radius 3 is 2.31 bits per heavy atom. The Morgan fingerprint density at radius 1 is 1.50 bits per heavy atom. The van der Waals surface area contributed by atoms with Gasteiger partial charge in [-0.05, 0) is 13.8 Å². The summed E-state index contributed by atoms with van der Waals surface area (Å²) < 4.78 is 38.1. The van der Waals surface area contributed by atoms with Crippen LogP contribution in [0.15, 0.2) is 0 Å². The summed E-state index contributed by atoms with van der Waals surface area (Å²) in [6, 6.07) is -2.87. The third-order valence-electron chi connectivity index (χ3n) is 2.57. The van der Waals surface area contributed by atoms with Crippen molar-refractivity contribution in [3.05, 3.63) is 0 Å². The number of carbonyl (C=O) groups excluding carboxylic acids is 1. The summed E-state index contributed by atoms with van der Waals surface area (Å²) in [5.41, 5.74) is 0. The number of amides is 1. The van der Waals surface area contributed by atoms with E-state index in [9.17, 15) is 22.8 Å². The van der Waals surface area contributed by atoms with E-state index < -0.39 is 42.5 Å². The molecule has 7 heteroatoms. The maximum Gasteiger partial charge on any atom is 0.409 e. The molecule has 0 unspecified atom stereocenters. The van der Waals surface area contributed by atoms with E-state index in [2.05, 4.69) is 0 Å². The molecule has 92 valence electrons. The zero-order chi connectivity index (χ0) is 12.7. The van der Waals surface area contributed by atoms with Crippen LogP contribution in [0, 0.1) is 5.92 Å². The van der Waals surface area contributed by atoms with Crippen LogP contribution in [0.1, 0.15) is 20.3 Å². The summed E-state index contributed by atoms with van der Waals surface area (Å²) in [6.07, 6.45) is -5.29. The minimum atomic E-state index is -4.71. The van der Waals surface area contributed by atoms with E-state index in [1.165, 1.54) is 13.8 Å². The van der Waals surface area contributed by atoms with Crippen LogP contribution in [0.4, 0.5) is 13.2 Å². The largest absolute Gasteiger partial charge is 0.481 e. The topological polar surface area (TPSA) is 57.6 Å². The van der Waals surface area contributed by atoms with Crippen molar-refractivity contribution in [3.8, 4) is 0 Å². The molecule has 1 heterocycles. The summed E-state index contributed by atoms with van der Waals surface area (Å²) >= 11 is 0. The van der Waals surface area contributed by atoms with Gasteiger partial charge in [-0.3, -0.25) is 9.59 Å². The number of hydrogen-bond donors (Lipinski definition) is 1. The highest BCUT2D eigenvalue weighted by atomic mass is 19.4. The molecule has 0 bridgehead atoms. The minimum absolute atomic E-state index is 0.586. The zero-order valence-corrected chi connectivity index (χ0v) is 8.78. The van der Waals surface area contributed by atoms with Crippen molar-refractivity contribution < 1.29 is 27.9 Å². The van der Waals surface area contributed by atoms with E-state index in [-0.39, 0.29) is 0 Å². The predicted octanol–water partition coefficient (Wildman–Crippen LogP) is 1.26. The lowest BCUT2D eigenvalue weighted by Crippen LogP contribution is -2.50. The fourth-order valence-corrected chi connectivity index (χ4v) is 1.97. The molecule has 1 rings (SSSR count). The van der Waals surface area contributed by atoms with Gasteiger partial charge in [0.2, 0.25) is 5.91 Å². The van der Waals surface area contributed by atoms with Crippen LogP contribution < -0.4 is 0 Å². The average molecular weight is 239 g/mol. The Hall–Kier alpha value is -1.27. The molecule has 0 saturated carbocycles. The molecule has 2 atom stereocenters. The van der Waals surface area contributed by atoms with Crippen molar-refractivity contribution in [2.75, 3.05) is 0 Å². The zero-order valence-electron chi connectivity index (χ0n) is 8.78. The molecule has 0 aliphatic carbocycles. The van der Waals surface area contributed by atoms with Crippen molar-refractivity contribution in [2.45, 2.75) is 38.5 Å². The molecule has 0 radical (unpaired) electrons. The summed E-state index contributed by atoms with van der Waals surface area (Å²) in [7, 11) is 0. The quantitative estimate of drug-likeness (QED) is 0.789. The normalized spacial score (nSPS) is 26.6. The standard InChI is InChI=1S/C9H12F3NO3/c1-4(2)13-6(14)3-5(8(15)16)7(13)9(10,11)12/h4-5,7H,3H2,1-2H3,(H,15,16)/t5-,7-/m0/s1. The molecular weight excluding hydrogens is 227 g/mol. The van der Waals surface area contributed by atoms with Gasteiger partial charge in [-0.15, -0.1) is 0 Å². The smallest absolute Gasteiger partial charge is 0.409 e. The number of hydrogen-bond acceptors (Lipinski definition) is 2. The number of alkyl halides is 3. The molecule has 1 N–H and O–H groups in total. The molecular formula is C9H12F3NO3. The Bertz CT molecular complexity index is 314. The van der Waals surface area contributed by atoms with E-state index in [1.807, 2.05) is 0 Å². The van der Waals surface area contributed by atoms with Gasteiger partial charge in [-0.1, -0.05) is 0 Å². The van der Waals surface area contributed by atoms with Gasteiger partial charge in [0.25, 0.3) is 0 Å². The molecule has 16 heavy (non-hydrogen) atoms. The van der Waals surface area contributed by atoms with Gasteiger partial charge in [0.05, 0.1) is 5.92 Å². The van der Waals surface area contributed by atoms with Crippen molar-refractivity contribution in [1.82, 2.24) is 4.90 Å². The number of halogens is 3. The molecule has 0 aromatic carbocycles. The SMILES string of the molecule is CC(C)N1C(=O)C[C@H](C(=O)O)[C@H]1C(F)(F)F. The van der Waals surface area contributed by atoms with Crippen molar-refractivity contribution in [2.24, 2.45) is 5.92 Å². The summed E-state index contributed by atoms with van der Waals surface area (Å²) in [5.74, 6) is -4.04. The Morgan fingerprint density at radius 2 is 2.00 bits per heavy atom. The van der Waals surface area contributed by atoms with Crippen LogP contribution in [0.3, 0.4) is 0 Å². The monoisotopic (exact) mass is 239 g/mol. The Kier molecular flexibility index (Phi) is 3.16. The van der Waals surface area contributed by atoms with Gasteiger partial charge in [0, 0.05) is 12.5 Å². The van der Waals surface area contributed by atoms with E-state index >= 15 is 0 Å². The second-order valence-corrected chi connectivity index (χ2v) is 4.03. The molecule has 1 aliphatic heterocycles. The Balaban J connectivity index is 3.10. The van der Waals surface area contributed by atoms with E-state index in [4.69, 9.17) is 5.11 Å². The first-order valence-corrected chi connectivity index (χ1v) is 4.77. The van der Waals surface area contributed by atoms with Gasteiger partial charge in [-0.25, -0.2) is 0 Å². The van der Waals surface area contributed by atoms with Crippen LogP contribution in [0.5, 0.6) is 0 Å². The number of carboxylic acids is 1. The molecule has 1 saturated heterocycles. The molecule has 1 fully saturated rings. The molecule has 0 spiro atoms. The summed E-state index contributed by atoms with van der Waals surface area (Å²) in [6.45, 7) is 2.86. The lowest BCUT2D eigenvalue weighted by Gasteiger charge is -2.31. The highest BCUT2D eigenvalue weighted by Crippen LogP contribution is 2.38. The van der Waals surface area contributed by atoms with Gasteiger partial charge in [0.1, 0.15) is 6.04 Å². The number of nitrogens with zero attached hydrogens (tertiary/aromatic N) is 1. The van der Waals surface area contributed by atoms with Crippen molar-refractivity contribution in [1.29, 1.82) is 0 Å². The van der Waals surface area contributed by atoms with Crippen molar-refractivity contribution >= 4 is 11.9 Å². The fraction of sp³-hybridized carbons (Fsp3) is 0.778. The van der Waals surface area contributed by atoms with Gasteiger partial charge in [0.15, 0.2) is 0 Å². The second-order valence-electron chi connectivity index (χ2n) is 4.03. The maximum absolute atomic E-state index is 12.7. The summed E-state index contributed by atoms with van der Waals surface area (Å²) in [5, 5.41) is 8.69. The molecule has 1 aliphatic rings. The van der Waals surface area contributed by atoms with Crippen LogP contribution in [0.25, 0.3) is 0 Å². The average Bonchev–Trinajstić information content (AvgIpc) is 2.41. The lowest BCUT2D eigenvalue weighted by molar-refractivity contribution is -0.196. The number of likely N-dealkylation sites (tertiary alicyclic amines) is 1. The van der Waals surface area contributed by atoms with E-state index in [0.717, 1.165) is 0 Å². The Labute approximate surface area is 90.0 Å². The number of carbonyl (C=O) groups is 2. The first kappa shape index (κ1) is 12.8. The number of rotatable bonds is 2. The highest BCUT2D eigenvalue weighted by molar-refractivity contribution is 5.87. The highest BCUT2D eigenvalue weighted by Gasteiger charge is 2.57. The second kappa shape index (κ2) is 3.95. The first-order chi connectivity index (χ1) is 7.16. The van der Waals surface area contributed by atoms with Gasteiger partial charge >= 0.3 is 12.1 Å². The van der Waals surface area contributed by atoms with Gasteiger partial charge < -0.3 is 10.0 Å². The summed E-state index contributed by atoms with van der Waals surface area (Å²) in [4.78, 5) is 22.7. The lowest BCUT2D eigenvalue weighted by atomic mass is 10.00. The molecule has 0 aromatic rings. The van der Waals surface area contributed by atoms with Gasteiger partial charge in [-0.2, -0.15) is 13.2 Å². The number of carboxylic acid groups (broad SMARTS) is 1. The first-order valence-electron chi connectivity index (χ1n) is 4.77. The fourth-order valence-electron chi connectivity index (χ4n) is 1.97. The number of aliphatic carboxylic acids is 1. The molecule has 4 nitrogen and oxygen atoms in total.